The van der Waals surface area contributed by atoms with Gasteiger partial charge in [-0.1, -0.05) is 90.1 Å². The number of hydrogen-bond acceptors (Lipinski definition) is 5. The van der Waals surface area contributed by atoms with Crippen LogP contribution in [0.3, 0.4) is 0 Å². The van der Waals surface area contributed by atoms with Crippen molar-refractivity contribution < 1.29 is 24.5 Å². The Balaban J connectivity index is 0.000000314. The number of ketones is 1. The molecule has 2 rings (SSSR count). The molecule has 0 spiro atoms. The topological polar surface area (TPSA) is 83.8 Å². The summed E-state index contributed by atoms with van der Waals surface area (Å²) in [6.07, 6.45) is -0.876. The SMILES string of the molecule is CC(C)C(O)C(C)C(O)C(C)(C)C.O=C(Oc1ccccc1)C(=O)c1ccccc1. The summed E-state index contributed by atoms with van der Waals surface area (Å²) in [7, 11) is 0. The van der Waals surface area contributed by atoms with Crippen LogP contribution in [0.1, 0.15) is 51.9 Å². The van der Waals surface area contributed by atoms with Crippen LogP contribution in [0.15, 0.2) is 60.7 Å². The standard InChI is InChI=1S/C14H10O3.C11H24O2/c15-13(11-7-3-1-4-8-11)14(16)17-12-9-5-2-6-10-12;1-7(2)9(12)8(3)10(13)11(4,5)6/h1-10H;7-10,12-13H,1-6H3. The van der Waals surface area contributed by atoms with Crippen LogP contribution in [-0.2, 0) is 4.79 Å². The van der Waals surface area contributed by atoms with Crippen molar-refractivity contribution in [2.45, 2.75) is 53.8 Å². The van der Waals surface area contributed by atoms with E-state index in [9.17, 15) is 19.8 Å². The number of Topliss-reactive ketones (excluding diaryl/α,β-unsaturated/α-hetero) is 1. The Hall–Kier alpha value is -2.50. The van der Waals surface area contributed by atoms with Gasteiger partial charge in [-0.05, 0) is 23.5 Å². The van der Waals surface area contributed by atoms with Gasteiger partial charge in [-0.15, -0.1) is 0 Å². The van der Waals surface area contributed by atoms with E-state index in [1.165, 1.54) is 0 Å². The zero-order valence-corrected chi connectivity index (χ0v) is 18.7. The van der Waals surface area contributed by atoms with Crippen molar-refractivity contribution >= 4 is 11.8 Å². The summed E-state index contributed by atoms with van der Waals surface area (Å²) in [5, 5.41) is 19.7. The number of aliphatic hydroxyl groups is 2. The lowest BCUT2D eigenvalue weighted by molar-refractivity contribution is -0.129. The van der Waals surface area contributed by atoms with Gasteiger partial charge in [-0.3, -0.25) is 4.79 Å². The molecule has 0 saturated heterocycles. The van der Waals surface area contributed by atoms with Gasteiger partial charge < -0.3 is 14.9 Å². The van der Waals surface area contributed by atoms with Gasteiger partial charge in [0, 0.05) is 11.5 Å². The molecule has 0 aliphatic carbocycles. The predicted octanol–water partition coefficient (Wildman–Crippen LogP) is 4.52. The number of carbonyl (C=O) groups excluding carboxylic acids is 2. The van der Waals surface area contributed by atoms with Gasteiger partial charge in [-0.25, -0.2) is 4.79 Å². The van der Waals surface area contributed by atoms with Crippen LogP contribution in [0, 0.1) is 17.3 Å². The minimum atomic E-state index is -0.873. The normalized spacial score (nSPS) is 14.2. The first-order valence-corrected chi connectivity index (χ1v) is 10.2. The number of aliphatic hydroxyl groups excluding tert-OH is 2. The average molecular weight is 415 g/mol. The Morgan fingerprint density at radius 1 is 0.833 bits per heavy atom. The van der Waals surface area contributed by atoms with Crippen molar-refractivity contribution in [2.75, 3.05) is 0 Å². The molecule has 0 radical (unpaired) electrons. The van der Waals surface area contributed by atoms with Gasteiger partial charge in [0.05, 0.1) is 12.2 Å². The molecule has 0 aromatic heterocycles. The number of carbonyl (C=O) groups is 2. The molecule has 0 saturated carbocycles. The first-order valence-electron chi connectivity index (χ1n) is 10.2. The van der Waals surface area contributed by atoms with E-state index >= 15 is 0 Å². The molecule has 5 heteroatoms. The molecular formula is C25H34O5. The maximum Gasteiger partial charge on any atom is 0.385 e. The Morgan fingerprint density at radius 3 is 1.73 bits per heavy atom. The second-order valence-electron chi connectivity index (χ2n) is 8.80. The van der Waals surface area contributed by atoms with E-state index in [2.05, 4.69) is 0 Å². The molecule has 0 heterocycles. The van der Waals surface area contributed by atoms with Crippen LogP contribution < -0.4 is 4.74 Å². The first-order chi connectivity index (χ1) is 13.9. The molecule has 3 atom stereocenters. The molecule has 0 fully saturated rings. The minimum absolute atomic E-state index is 0.0694. The molecule has 3 unspecified atom stereocenters. The van der Waals surface area contributed by atoms with Crippen molar-refractivity contribution in [3.05, 3.63) is 66.2 Å². The number of esters is 1. The molecule has 5 nitrogen and oxygen atoms in total. The van der Waals surface area contributed by atoms with Gasteiger partial charge in [0.15, 0.2) is 0 Å². The smallest absolute Gasteiger partial charge is 0.385 e. The fourth-order valence-electron chi connectivity index (χ4n) is 2.93. The van der Waals surface area contributed by atoms with Crippen molar-refractivity contribution in [2.24, 2.45) is 17.3 Å². The molecule has 0 bridgehead atoms. The van der Waals surface area contributed by atoms with Crippen LogP contribution >= 0.6 is 0 Å². The third-order valence-electron chi connectivity index (χ3n) is 4.78. The molecule has 164 valence electrons. The predicted molar refractivity (Wildman–Crippen MR) is 118 cm³/mol. The maximum atomic E-state index is 11.7. The number of ether oxygens (including phenoxy) is 1. The van der Waals surface area contributed by atoms with Gasteiger partial charge in [0.2, 0.25) is 0 Å². The lowest BCUT2D eigenvalue weighted by Crippen LogP contribution is -2.40. The van der Waals surface area contributed by atoms with Crippen LogP contribution in [-0.4, -0.2) is 34.2 Å². The Labute approximate surface area is 179 Å². The zero-order chi connectivity index (χ0) is 22.9. The molecule has 0 aliphatic rings. The summed E-state index contributed by atoms with van der Waals surface area (Å²) in [4.78, 5) is 23.2. The van der Waals surface area contributed by atoms with Crippen LogP contribution in [0.4, 0.5) is 0 Å². The molecular weight excluding hydrogens is 380 g/mol. The third kappa shape index (κ3) is 8.09. The van der Waals surface area contributed by atoms with E-state index in [1.807, 2.05) is 41.5 Å². The fourth-order valence-corrected chi connectivity index (χ4v) is 2.93. The van der Waals surface area contributed by atoms with Crippen molar-refractivity contribution in [3.63, 3.8) is 0 Å². The Bertz CT molecular complexity index is 778. The quantitative estimate of drug-likeness (QED) is 0.314. The highest BCUT2D eigenvalue weighted by Crippen LogP contribution is 2.28. The number of rotatable bonds is 6. The first kappa shape index (κ1) is 25.5. The van der Waals surface area contributed by atoms with E-state index in [0.717, 1.165) is 0 Å². The van der Waals surface area contributed by atoms with Gasteiger partial charge in [0.25, 0.3) is 5.78 Å². The highest BCUT2D eigenvalue weighted by molar-refractivity contribution is 6.41. The second kappa shape index (κ2) is 11.6. The highest BCUT2D eigenvalue weighted by atomic mass is 16.5. The van der Waals surface area contributed by atoms with Crippen LogP contribution in [0.25, 0.3) is 0 Å². The number of hydrogen-bond donors (Lipinski definition) is 2. The average Bonchev–Trinajstić information content (AvgIpc) is 2.72. The molecule has 2 aromatic rings. The van der Waals surface area contributed by atoms with Gasteiger partial charge >= 0.3 is 5.97 Å². The van der Waals surface area contributed by atoms with Crippen molar-refractivity contribution in [3.8, 4) is 5.75 Å². The largest absolute Gasteiger partial charge is 0.421 e. The Kier molecular flexibility index (Phi) is 9.90. The summed E-state index contributed by atoms with van der Waals surface area (Å²) < 4.78 is 4.94. The summed E-state index contributed by atoms with van der Waals surface area (Å²) in [5.41, 5.74) is 0.170. The highest BCUT2D eigenvalue weighted by Gasteiger charge is 2.32. The van der Waals surface area contributed by atoms with E-state index in [1.54, 1.807) is 60.7 Å². The maximum absolute atomic E-state index is 11.7. The third-order valence-corrected chi connectivity index (χ3v) is 4.78. The van der Waals surface area contributed by atoms with E-state index in [-0.39, 0.29) is 17.3 Å². The van der Waals surface area contributed by atoms with E-state index in [0.29, 0.717) is 11.3 Å². The summed E-state index contributed by atoms with van der Waals surface area (Å²) in [6, 6.07) is 16.8. The van der Waals surface area contributed by atoms with Crippen LogP contribution in [0.2, 0.25) is 0 Å². The molecule has 2 N–H and O–H groups in total. The van der Waals surface area contributed by atoms with Crippen LogP contribution in [0.5, 0.6) is 5.75 Å². The fraction of sp³-hybridized carbons (Fsp3) is 0.440. The molecule has 0 aliphatic heterocycles. The monoisotopic (exact) mass is 414 g/mol. The van der Waals surface area contributed by atoms with E-state index < -0.39 is 24.0 Å². The summed E-state index contributed by atoms with van der Waals surface area (Å²) in [6.45, 7) is 11.8. The molecule has 30 heavy (non-hydrogen) atoms. The Morgan fingerprint density at radius 2 is 1.30 bits per heavy atom. The number of benzene rings is 2. The lowest BCUT2D eigenvalue weighted by atomic mass is 9.78. The summed E-state index contributed by atoms with van der Waals surface area (Å²) in [5.74, 6) is -1.02. The van der Waals surface area contributed by atoms with Gasteiger partial charge in [-0.2, -0.15) is 0 Å². The minimum Gasteiger partial charge on any atom is -0.421 e. The number of para-hydroxylation sites is 1. The second-order valence-corrected chi connectivity index (χ2v) is 8.80. The van der Waals surface area contributed by atoms with Gasteiger partial charge in [0.1, 0.15) is 5.75 Å². The lowest BCUT2D eigenvalue weighted by Gasteiger charge is -2.34. The summed E-state index contributed by atoms with van der Waals surface area (Å²) >= 11 is 0. The van der Waals surface area contributed by atoms with Crippen molar-refractivity contribution in [1.29, 1.82) is 0 Å². The van der Waals surface area contributed by atoms with E-state index in [4.69, 9.17) is 4.74 Å². The molecule has 0 amide bonds. The van der Waals surface area contributed by atoms with Crippen molar-refractivity contribution in [1.82, 2.24) is 0 Å². The molecule has 2 aromatic carbocycles. The zero-order valence-electron chi connectivity index (χ0n) is 18.7.